The highest BCUT2D eigenvalue weighted by molar-refractivity contribution is 5.84. The van der Waals surface area contributed by atoms with Crippen LogP contribution in [-0.2, 0) is 7.05 Å². The molecule has 4 heteroatoms. The Morgan fingerprint density at radius 2 is 2.23 bits per heavy atom. The number of fused-ring (bicyclic) bond motifs is 1. The maximum atomic E-state index is 11.4. The van der Waals surface area contributed by atoms with Gasteiger partial charge in [-0.1, -0.05) is 6.07 Å². The summed E-state index contributed by atoms with van der Waals surface area (Å²) in [5.74, 6) is 0.611. The van der Waals surface area contributed by atoms with E-state index in [2.05, 4.69) is 5.10 Å². The minimum Gasteiger partial charge on any atom is -0.496 e. The number of hydrogen-bond acceptors (Lipinski definition) is 2. The van der Waals surface area contributed by atoms with Gasteiger partial charge >= 0.3 is 0 Å². The molecule has 0 aliphatic heterocycles. The molecule has 1 aromatic carbocycles. The predicted molar refractivity (Wildman–Crippen MR) is 50.1 cm³/mol. The van der Waals surface area contributed by atoms with Crippen LogP contribution in [0.5, 0.6) is 5.75 Å². The van der Waals surface area contributed by atoms with Crippen molar-refractivity contribution in [1.82, 2.24) is 9.78 Å². The third-order valence-electron chi connectivity index (χ3n) is 2.08. The minimum atomic E-state index is -0.116. The van der Waals surface area contributed by atoms with Crippen LogP contribution in [0.3, 0.4) is 0 Å². The summed E-state index contributed by atoms with van der Waals surface area (Å²) in [5.41, 5.74) is 0.735. The fourth-order valence-electron chi connectivity index (χ4n) is 1.47. The van der Waals surface area contributed by atoms with Gasteiger partial charge in [0.2, 0.25) is 0 Å². The lowest BCUT2D eigenvalue weighted by Gasteiger charge is -1.99. The smallest absolute Gasteiger partial charge is 0.275 e. The molecule has 0 radical (unpaired) electrons. The second kappa shape index (κ2) is 2.65. The van der Waals surface area contributed by atoms with Gasteiger partial charge in [0.1, 0.15) is 11.1 Å². The van der Waals surface area contributed by atoms with Crippen molar-refractivity contribution in [3.8, 4) is 5.75 Å². The maximum absolute atomic E-state index is 11.4. The van der Waals surface area contributed by atoms with E-state index in [0.29, 0.717) is 11.1 Å². The number of nitrogens with zero attached hydrogens (tertiary/aromatic N) is 1. The molecule has 4 nitrogen and oxygen atoms in total. The number of methoxy groups -OCH3 is 1. The summed E-state index contributed by atoms with van der Waals surface area (Å²) >= 11 is 0. The van der Waals surface area contributed by atoms with Crippen molar-refractivity contribution in [2.24, 2.45) is 7.05 Å². The molecule has 0 bridgehead atoms. The van der Waals surface area contributed by atoms with Gasteiger partial charge in [-0.2, -0.15) is 0 Å². The number of aryl methyl sites for hydroxylation is 1. The van der Waals surface area contributed by atoms with Crippen LogP contribution in [0.25, 0.3) is 10.9 Å². The molecular weight excluding hydrogens is 168 g/mol. The SMILES string of the molecule is COc1cccc2c1c(=O)[nH]n2C. The van der Waals surface area contributed by atoms with Crippen LogP contribution in [0.2, 0.25) is 0 Å². The van der Waals surface area contributed by atoms with Gasteiger partial charge in [0, 0.05) is 7.05 Å². The summed E-state index contributed by atoms with van der Waals surface area (Å²) in [6.45, 7) is 0. The number of H-pyrrole nitrogens is 1. The van der Waals surface area contributed by atoms with E-state index in [0.717, 1.165) is 5.52 Å². The number of ether oxygens (including phenoxy) is 1. The van der Waals surface area contributed by atoms with E-state index in [1.54, 1.807) is 24.9 Å². The first-order valence-corrected chi connectivity index (χ1v) is 3.95. The Hall–Kier alpha value is -1.71. The monoisotopic (exact) mass is 178 g/mol. The van der Waals surface area contributed by atoms with E-state index in [-0.39, 0.29) is 5.56 Å². The van der Waals surface area contributed by atoms with Gasteiger partial charge < -0.3 is 4.74 Å². The number of nitrogens with one attached hydrogen (secondary N) is 1. The first-order chi connectivity index (χ1) is 6.24. The minimum absolute atomic E-state index is 0.116. The molecule has 13 heavy (non-hydrogen) atoms. The molecule has 0 saturated heterocycles. The lowest BCUT2D eigenvalue weighted by molar-refractivity contribution is 0.419. The highest BCUT2D eigenvalue weighted by Crippen LogP contribution is 2.20. The molecule has 0 spiro atoms. The van der Waals surface area contributed by atoms with Crippen molar-refractivity contribution in [1.29, 1.82) is 0 Å². The summed E-state index contributed by atoms with van der Waals surface area (Å²) in [6.07, 6.45) is 0. The van der Waals surface area contributed by atoms with Crippen LogP contribution < -0.4 is 10.3 Å². The molecule has 1 N–H and O–H groups in total. The first-order valence-electron chi connectivity index (χ1n) is 3.95. The Morgan fingerprint density at radius 3 is 2.92 bits per heavy atom. The first kappa shape index (κ1) is 7.91. The average Bonchev–Trinajstić information content (AvgIpc) is 2.43. The zero-order valence-corrected chi connectivity index (χ0v) is 7.50. The predicted octanol–water partition coefficient (Wildman–Crippen LogP) is 0.875. The van der Waals surface area contributed by atoms with Crippen molar-refractivity contribution in [3.05, 3.63) is 28.6 Å². The van der Waals surface area contributed by atoms with Gasteiger partial charge in [0.25, 0.3) is 5.56 Å². The third kappa shape index (κ3) is 1.02. The average molecular weight is 178 g/mol. The van der Waals surface area contributed by atoms with E-state index in [1.165, 1.54) is 0 Å². The van der Waals surface area contributed by atoms with Crippen LogP contribution >= 0.6 is 0 Å². The van der Waals surface area contributed by atoms with Gasteiger partial charge in [0.05, 0.1) is 12.6 Å². The van der Waals surface area contributed by atoms with Crippen molar-refractivity contribution in [2.45, 2.75) is 0 Å². The number of rotatable bonds is 1. The fourth-order valence-corrected chi connectivity index (χ4v) is 1.47. The van der Waals surface area contributed by atoms with Crippen LogP contribution in [0, 0.1) is 0 Å². The molecule has 2 rings (SSSR count). The van der Waals surface area contributed by atoms with E-state index in [1.807, 2.05) is 12.1 Å². The molecule has 0 aliphatic rings. The number of hydrogen-bond donors (Lipinski definition) is 1. The van der Waals surface area contributed by atoms with Gasteiger partial charge in [0.15, 0.2) is 0 Å². The Bertz CT molecular complexity index is 496. The lowest BCUT2D eigenvalue weighted by atomic mass is 10.2. The normalized spacial score (nSPS) is 10.6. The molecular formula is C9H10N2O2. The van der Waals surface area contributed by atoms with E-state index in [4.69, 9.17) is 4.74 Å². The Balaban J connectivity index is 2.97. The molecule has 0 atom stereocenters. The molecule has 68 valence electrons. The summed E-state index contributed by atoms with van der Waals surface area (Å²) in [6, 6.07) is 5.50. The quantitative estimate of drug-likeness (QED) is 0.704. The van der Waals surface area contributed by atoms with E-state index < -0.39 is 0 Å². The van der Waals surface area contributed by atoms with Crippen molar-refractivity contribution in [2.75, 3.05) is 7.11 Å². The summed E-state index contributed by atoms with van der Waals surface area (Å²) < 4.78 is 6.77. The van der Waals surface area contributed by atoms with Crippen LogP contribution in [-0.4, -0.2) is 16.9 Å². The zero-order chi connectivity index (χ0) is 9.42. The van der Waals surface area contributed by atoms with Gasteiger partial charge in [-0.05, 0) is 12.1 Å². The molecule has 0 unspecified atom stereocenters. The molecule has 1 aromatic heterocycles. The lowest BCUT2D eigenvalue weighted by Crippen LogP contribution is -2.02. The van der Waals surface area contributed by atoms with Crippen molar-refractivity contribution < 1.29 is 4.74 Å². The molecule has 0 saturated carbocycles. The zero-order valence-electron chi connectivity index (χ0n) is 7.50. The van der Waals surface area contributed by atoms with E-state index >= 15 is 0 Å². The fraction of sp³-hybridized carbons (Fsp3) is 0.222. The van der Waals surface area contributed by atoms with Crippen LogP contribution in [0.4, 0.5) is 0 Å². The van der Waals surface area contributed by atoms with Gasteiger partial charge in [-0.15, -0.1) is 0 Å². The van der Waals surface area contributed by atoms with Gasteiger partial charge in [-0.25, -0.2) is 0 Å². The molecule has 2 aromatic rings. The van der Waals surface area contributed by atoms with Crippen LogP contribution in [0.1, 0.15) is 0 Å². The molecule has 0 fully saturated rings. The molecule has 0 aliphatic carbocycles. The highest BCUT2D eigenvalue weighted by atomic mass is 16.5. The standard InChI is InChI=1S/C9H10N2O2/c1-11-6-4-3-5-7(13-2)8(6)9(12)10-11/h3-5H,1-2H3,(H,10,12). The Morgan fingerprint density at radius 1 is 1.46 bits per heavy atom. The largest absolute Gasteiger partial charge is 0.496 e. The second-order valence-corrected chi connectivity index (χ2v) is 2.85. The Kier molecular flexibility index (Phi) is 1.62. The maximum Gasteiger partial charge on any atom is 0.275 e. The third-order valence-corrected chi connectivity index (χ3v) is 2.08. The number of aromatic nitrogens is 2. The van der Waals surface area contributed by atoms with Gasteiger partial charge in [-0.3, -0.25) is 14.6 Å². The Labute approximate surface area is 74.7 Å². The van der Waals surface area contributed by atoms with Crippen molar-refractivity contribution in [3.63, 3.8) is 0 Å². The second-order valence-electron chi connectivity index (χ2n) is 2.85. The number of benzene rings is 1. The van der Waals surface area contributed by atoms with E-state index in [9.17, 15) is 4.79 Å². The summed E-state index contributed by atoms with van der Waals surface area (Å²) in [4.78, 5) is 11.4. The summed E-state index contributed by atoms with van der Waals surface area (Å²) in [7, 11) is 3.35. The number of aromatic amines is 1. The summed E-state index contributed by atoms with van der Waals surface area (Å²) in [5, 5.41) is 3.28. The highest BCUT2D eigenvalue weighted by Gasteiger charge is 2.08. The topological polar surface area (TPSA) is 47.0 Å². The van der Waals surface area contributed by atoms with Crippen LogP contribution in [0.15, 0.2) is 23.0 Å². The molecule has 1 heterocycles. The molecule has 0 amide bonds. The van der Waals surface area contributed by atoms with Crippen molar-refractivity contribution >= 4 is 10.9 Å².